The van der Waals surface area contributed by atoms with E-state index < -0.39 is 0 Å². The molecule has 1 heterocycles. The van der Waals surface area contributed by atoms with Gasteiger partial charge >= 0.3 is 0 Å². The summed E-state index contributed by atoms with van der Waals surface area (Å²) in [5.74, 6) is 0.847. The first kappa shape index (κ1) is 25.1. The van der Waals surface area contributed by atoms with Crippen molar-refractivity contribution in [2.45, 2.75) is 40.3 Å². The first-order chi connectivity index (χ1) is 11.9. The molecule has 1 unspecified atom stereocenters. The minimum absolute atomic E-state index is 0. The largest absolute Gasteiger partial charge is 0.375 e. The van der Waals surface area contributed by atoms with Crippen LogP contribution in [-0.2, 0) is 16.1 Å². The number of amides is 1. The van der Waals surface area contributed by atoms with Crippen LogP contribution in [-0.4, -0.2) is 55.5 Å². The molecule has 0 fully saturated rings. The Bertz CT molecular complexity index is 565. The van der Waals surface area contributed by atoms with Crippen LogP contribution in [0.1, 0.15) is 44.5 Å². The van der Waals surface area contributed by atoms with Crippen molar-refractivity contribution in [3.8, 4) is 0 Å². The molecule has 1 aromatic rings. The van der Waals surface area contributed by atoms with E-state index in [1.54, 1.807) is 18.4 Å². The van der Waals surface area contributed by atoms with E-state index in [-0.39, 0.29) is 41.9 Å². The molecule has 1 rings (SSSR count). The number of methoxy groups -OCH3 is 1. The van der Waals surface area contributed by atoms with Gasteiger partial charge in [0.2, 0.25) is 5.91 Å². The van der Waals surface area contributed by atoms with Gasteiger partial charge in [0, 0.05) is 38.5 Å². The molecule has 1 atom stereocenters. The fourth-order valence-electron chi connectivity index (χ4n) is 2.02. The molecule has 0 aliphatic rings. The minimum atomic E-state index is -0.00626. The van der Waals surface area contributed by atoms with Gasteiger partial charge in [-0.2, -0.15) is 0 Å². The van der Waals surface area contributed by atoms with Crippen LogP contribution < -0.4 is 10.6 Å². The molecule has 0 saturated heterocycles. The van der Waals surface area contributed by atoms with Crippen molar-refractivity contribution in [1.82, 2.24) is 20.5 Å². The highest BCUT2D eigenvalue weighted by molar-refractivity contribution is 14.0. The number of halogens is 1. The summed E-state index contributed by atoms with van der Waals surface area (Å²) in [4.78, 5) is 22.8. The lowest BCUT2D eigenvalue weighted by Gasteiger charge is -2.21. The number of nitrogens with one attached hydrogen (secondary N) is 2. The van der Waals surface area contributed by atoms with Gasteiger partial charge in [0.25, 0.3) is 0 Å². The van der Waals surface area contributed by atoms with Crippen LogP contribution in [0.2, 0.25) is 0 Å². The van der Waals surface area contributed by atoms with Gasteiger partial charge in [-0.3, -0.25) is 9.79 Å². The van der Waals surface area contributed by atoms with Gasteiger partial charge in [0.15, 0.2) is 5.96 Å². The van der Waals surface area contributed by atoms with E-state index in [9.17, 15) is 4.79 Å². The third kappa shape index (κ3) is 8.63. The Kier molecular flexibility index (Phi) is 12.8. The molecule has 0 aromatic carbocycles. The zero-order valence-corrected chi connectivity index (χ0v) is 19.7. The third-order valence-electron chi connectivity index (χ3n) is 3.56. The summed E-state index contributed by atoms with van der Waals surface area (Å²) in [6.45, 7) is 10.3. The monoisotopic (exact) mass is 497 g/mol. The van der Waals surface area contributed by atoms with Crippen LogP contribution in [0.4, 0.5) is 0 Å². The van der Waals surface area contributed by atoms with Crippen molar-refractivity contribution >= 4 is 47.2 Å². The van der Waals surface area contributed by atoms with E-state index in [1.807, 2.05) is 45.0 Å². The molecule has 9 heteroatoms. The summed E-state index contributed by atoms with van der Waals surface area (Å²) in [7, 11) is 3.67. The average molecular weight is 497 g/mol. The average Bonchev–Trinajstić information content (AvgIpc) is 3.04. The maximum absolute atomic E-state index is 11.6. The normalized spacial score (nSPS) is 12.5. The summed E-state index contributed by atoms with van der Waals surface area (Å²) >= 11 is 1.61. The number of guanidine groups is 1. The molecule has 0 bridgehead atoms. The zero-order valence-electron chi connectivity index (χ0n) is 16.5. The molecule has 1 aromatic heterocycles. The van der Waals surface area contributed by atoms with Gasteiger partial charge in [-0.25, -0.2) is 4.98 Å². The standard InChI is InChI=1S/C17H31N5O2S.HI/c1-7-18-17(20-9-8-19-15(23)12(2)3)22(5)10-14-11-25-16(21-14)13(4)24-6;/h11-13H,7-10H2,1-6H3,(H,18,20)(H,19,23);1H. The molecule has 0 radical (unpaired) electrons. The summed E-state index contributed by atoms with van der Waals surface area (Å²) < 4.78 is 5.31. The summed E-state index contributed by atoms with van der Waals surface area (Å²) in [6.07, 6.45) is 0.00975. The van der Waals surface area contributed by atoms with E-state index >= 15 is 0 Å². The van der Waals surface area contributed by atoms with Crippen LogP contribution >= 0.6 is 35.3 Å². The number of hydrogen-bond donors (Lipinski definition) is 2. The van der Waals surface area contributed by atoms with Crippen LogP contribution in [0.25, 0.3) is 0 Å². The zero-order chi connectivity index (χ0) is 18.8. The second kappa shape index (κ2) is 13.3. The number of hydrogen-bond acceptors (Lipinski definition) is 5. The summed E-state index contributed by atoms with van der Waals surface area (Å²) in [5, 5.41) is 9.17. The molecule has 7 nitrogen and oxygen atoms in total. The van der Waals surface area contributed by atoms with Crippen molar-refractivity contribution in [1.29, 1.82) is 0 Å². The second-order valence-electron chi connectivity index (χ2n) is 6.09. The fourth-order valence-corrected chi connectivity index (χ4v) is 2.86. The molecular weight excluding hydrogens is 465 g/mol. The Morgan fingerprint density at radius 2 is 2.08 bits per heavy atom. The fraction of sp³-hybridized carbons (Fsp3) is 0.706. The van der Waals surface area contributed by atoms with Crippen molar-refractivity contribution in [2.75, 3.05) is 33.8 Å². The van der Waals surface area contributed by atoms with Gasteiger partial charge in [-0.15, -0.1) is 35.3 Å². The first-order valence-corrected chi connectivity index (χ1v) is 9.51. The second-order valence-corrected chi connectivity index (χ2v) is 6.98. The SMILES string of the molecule is CCNC(=NCCNC(=O)C(C)C)N(C)Cc1csc(C(C)OC)n1.I. The van der Waals surface area contributed by atoms with Gasteiger partial charge in [-0.05, 0) is 13.8 Å². The molecule has 0 aliphatic carbocycles. The number of aliphatic imine (C=N–C) groups is 1. The Balaban J connectivity index is 0.00000625. The predicted molar refractivity (Wildman–Crippen MR) is 118 cm³/mol. The van der Waals surface area contributed by atoms with Crippen molar-refractivity contribution in [3.63, 3.8) is 0 Å². The molecule has 26 heavy (non-hydrogen) atoms. The van der Waals surface area contributed by atoms with Crippen LogP contribution in [0.15, 0.2) is 10.4 Å². The quantitative estimate of drug-likeness (QED) is 0.238. The Morgan fingerprint density at radius 1 is 1.38 bits per heavy atom. The van der Waals surface area contributed by atoms with E-state index in [0.29, 0.717) is 19.6 Å². The molecule has 0 spiro atoms. The lowest BCUT2D eigenvalue weighted by Crippen LogP contribution is -2.39. The van der Waals surface area contributed by atoms with E-state index in [4.69, 9.17) is 4.74 Å². The highest BCUT2D eigenvalue weighted by Crippen LogP contribution is 2.20. The molecule has 1 amide bonds. The maximum atomic E-state index is 11.6. The number of carbonyl (C=O) groups is 1. The van der Waals surface area contributed by atoms with Gasteiger partial charge in [-0.1, -0.05) is 13.8 Å². The molecular formula is C17H32IN5O2S. The number of aromatic nitrogens is 1. The summed E-state index contributed by atoms with van der Waals surface area (Å²) in [5.41, 5.74) is 0.991. The highest BCUT2D eigenvalue weighted by Gasteiger charge is 2.12. The number of thiazole rings is 1. The molecule has 2 N–H and O–H groups in total. The number of carbonyl (C=O) groups excluding carboxylic acids is 1. The number of nitrogens with zero attached hydrogens (tertiary/aromatic N) is 3. The molecule has 0 aliphatic heterocycles. The van der Waals surface area contributed by atoms with E-state index in [2.05, 4.69) is 20.6 Å². The lowest BCUT2D eigenvalue weighted by molar-refractivity contribution is -0.123. The van der Waals surface area contributed by atoms with E-state index in [1.165, 1.54) is 0 Å². The Labute approximate surface area is 178 Å². The smallest absolute Gasteiger partial charge is 0.222 e. The molecule has 150 valence electrons. The lowest BCUT2D eigenvalue weighted by atomic mass is 10.2. The van der Waals surface area contributed by atoms with Crippen LogP contribution in [0, 0.1) is 5.92 Å². The number of ether oxygens (including phenoxy) is 1. The Hall–Kier alpha value is -0.940. The van der Waals surface area contributed by atoms with Crippen LogP contribution in [0.5, 0.6) is 0 Å². The minimum Gasteiger partial charge on any atom is -0.375 e. The maximum Gasteiger partial charge on any atom is 0.222 e. The Morgan fingerprint density at radius 3 is 2.65 bits per heavy atom. The van der Waals surface area contributed by atoms with E-state index in [0.717, 1.165) is 23.2 Å². The van der Waals surface area contributed by atoms with Crippen molar-refractivity contribution < 1.29 is 9.53 Å². The predicted octanol–water partition coefficient (Wildman–Crippen LogP) is 2.64. The number of rotatable bonds is 9. The van der Waals surface area contributed by atoms with Crippen LogP contribution in [0.3, 0.4) is 0 Å². The van der Waals surface area contributed by atoms with Crippen molar-refractivity contribution in [2.24, 2.45) is 10.9 Å². The van der Waals surface area contributed by atoms with Gasteiger partial charge in [0.05, 0.1) is 18.8 Å². The van der Waals surface area contributed by atoms with Gasteiger partial charge < -0.3 is 20.3 Å². The summed E-state index contributed by atoms with van der Waals surface area (Å²) in [6, 6.07) is 0. The van der Waals surface area contributed by atoms with Crippen molar-refractivity contribution in [3.05, 3.63) is 16.1 Å². The first-order valence-electron chi connectivity index (χ1n) is 8.63. The topological polar surface area (TPSA) is 78.9 Å². The third-order valence-corrected chi connectivity index (χ3v) is 4.62. The molecule has 0 saturated carbocycles. The highest BCUT2D eigenvalue weighted by atomic mass is 127. The van der Waals surface area contributed by atoms with Gasteiger partial charge in [0.1, 0.15) is 11.1 Å².